The number of amides is 1. The van der Waals surface area contributed by atoms with Gasteiger partial charge in [0.1, 0.15) is 10.7 Å². The van der Waals surface area contributed by atoms with Crippen LogP contribution in [0.3, 0.4) is 0 Å². The molecule has 0 saturated heterocycles. The molecule has 0 bridgehead atoms. The average Bonchev–Trinajstić information content (AvgIpc) is 2.88. The quantitative estimate of drug-likeness (QED) is 0.893. The average molecular weight is 355 g/mol. The SMILES string of the molecule is COCc1nc(C(=O)NC(C)c2cccc(Br)c2)cs1. The van der Waals surface area contributed by atoms with Gasteiger partial charge < -0.3 is 10.1 Å². The number of hydrogen-bond acceptors (Lipinski definition) is 4. The maximum absolute atomic E-state index is 12.1. The fraction of sp³-hybridized carbons (Fsp3) is 0.286. The van der Waals surface area contributed by atoms with Crippen molar-refractivity contribution in [2.24, 2.45) is 0 Å². The number of hydrogen-bond donors (Lipinski definition) is 1. The highest BCUT2D eigenvalue weighted by atomic mass is 79.9. The molecule has 2 rings (SSSR count). The number of methoxy groups -OCH3 is 1. The summed E-state index contributed by atoms with van der Waals surface area (Å²) >= 11 is 4.85. The molecule has 1 heterocycles. The smallest absolute Gasteiger partial charge is 0.271 e. The maximum Gasteiger partial charge on any atom is 0.271 e. The molecule has 1 N–H and O–H groups in total. The zero-order chi connectivity index (χ0) is 14.5. The molecular weight excluding hydrogens is 340 g/mol. The molecule has 1 atom stereocenters. The molecule has 106 valence electrons. The highest BCUT2D eigenvalue weighted by Gasteiger charge is 2.14. The van der Waals surface area contributed by atoms with E-state index in [0.717, 1.165) is 15.0 Å². The van der Waals surface area contributed by atoms with Gasteiger partial charge in [0.25, 0.3) is 5.91 Å². The summed E-state index contributed by atoms with van der Waals surface area (Å²) in [6.07, 6.45) is 0. The number of ether oxygens (including phenoxy) is 1. The van der Waals surface area contributed by atoms with Gasteiger partial charge >= 0.3 is 0 Å². The van der Waals surface area contributed by atoms with E-state index in [9.17, 15) is 4.79 Å². The molecule has 0 fully saturated rings. The van der Waals surface area contributed by atoms with Crippen LogP contribution in [0.5, 0.6) is 0 Å². The van der Waals surface area contributed by atoms with Crippen molar-refractivity contribution < 1.29 is 9.53 Å². The molecular formula is C14H15BrN2O2S. The minimum Gasteiger partial charge on any atom is -0.378 e. The highest BCUT2D eigenvalue weighted by Crippen LogP contribution is 2.18. The standard InChI is InChI=1S/C14H15BrN2O2S/c1-9(10-4-3-5-11(15)6-10)16-14(18)12-8-20-13(17-12)7-19-2/h3-6,8-9H,7H2,1-2H3,(H,16,18). The van der Waals surface area contributed by atoms with Gasteiger partial charge in [-0.2, -0.15) is 0 Å². The maximum atomic E-state index is 12.1. The number of halogens is 1. The number of aromatic nitrogens is 1. The zero-order valence-electron chi connectivity index (χ0n) is 11.2. The number of rotatable bonds is 5. The molecule has 2 aromatic rings. The predicted octanol–water partition coefficient (Wildman–Crippen LogP) is 3.54. The lowest BCUT2D eigenvalue weighted by molar-refractivity contribution is 0.0935. The second kappa shape index (κ2) is 6.97. The third kappa shape index (κ3) is 3.88. The third-order valence-corrected chi connectivity index (χ3v) is 4.06. The largest absolute Gasteiger partial charge is 0.378 e. The molecule has 6 heteroatoms. The Hall–Kier alpha value is -1.24. The van der Waals surface area contributed by atoms with Crippen molar-refractivity contribution in [3.8, 4) is 0 Å². The molecule has 4 nitrogen and oxygen atoms in total. The predicted molar refractivity (Wildman–Crippen MR) is 82.9 cm³/mol. The summed E-state index contributed by atoms with van der Waals surface area (Å²) in [5, 5.41) is 5.48. The first kappa shape index (κ1) is 15.2. The van der Waals surface area contributed by atoms with E-state index >= 15 is 0 Å². The van der Waals surface area contributed by atoms with Crippen molar-refractivity contribution in [3.05, 3.63) is 50.4 Å². The van der Waals surface area contributed by atoms with E-state index in [1.54, 1.807) is 12.5 Å². The number of carbonyl (C=O) groups excluding carboxylic acids is 1. The molecule has 0 aliphatic rings. The van der Waals surface area contributed by atoms with Crippen LogP contribution in [0.2, 0.25) is 0 Å². The Labute approximate surface area is 130 Å². The molecule has 1 unspecified atom stereocenters. The molecule has 0 saturated carbocycles. The second-order valence-corrected chi connectivity index (χ2v) is 6.17. The van der Waals surface area contributed by atoms with E-state index in [1.165, 1.54) is 11.3 Å². The minimum atomic E-state index is -0.170. The van der Waals surface area contributed by atoms with E-state index in [4.69, 9.17) is 4.74 Å². The van der Waals surface area contributed by atoms with E-state index in [1.807, 2.05) is 31.2 Å². The normalized spacial score (nSPS) is 12.2. The van der Waals surface area contributed by atoms with Gasteiger partial charge in [0, 0.05) is 17.0 Å². The van der Waals surface area contributed by atoms with Crippen molar-refractivity contribution in [3.63, 3.8) is 0 Å². The first-order valence-electron chi connectivity index (χ1n) is 6.10. The van der Waals surface area contributed by atoms with Crippen molar-refractivity contribution >= 4 is 33.2 Å². The Morgan fingerprint density at radius 1 is 1.55 bits per heavy atom. The van der Waals surface area contributed by atoms with Crippen LogP contribution in [0, 0.1) is 0 Å². The summed E-state index contributed by atoms with van der Waals surface area (Å²) in [6, 6.07) is 7.79. The van der Waals surface area contributed by atoms with Gasteiger partial charge in [-0.3, -0.25) is 4.79 Å². The number of nitrogens with one attached hydrogen (secondary N) is 1. The molecule has 20 heavy (non-hydrogen) atoms. The van der Waals surface area contributed by atoms with Gasteiger partial charge in [-0.15, -0.1) is 11.3 Å². The molecule has 1 aromatic heterocycles. The summed E-state index contributed by atoms with van der Waals surface area (Å²) in [4.78, 5) is 16.3. The van der Waals surface area contributed by atoms with Crippen LogP contribution in [-0.2, 0) is 11.3 Å². The molecule has 0 aliphatic carbocycles. The molecule has 0 radical (unpaired) electrons. The van der Waals surface area contributed by atoms with Crippen LogP contribution in [0.1, 0.15) is 34.0 Å². The van der Waals surface area contributed by atoms with Gasteiger partial charge in [-0.1, -0.05) is 28.1 Å². The van der Waals surface area contributed by atoms with Crippen LogP contribution >= 0.6 is 27.3 Å². The summed E-state index contributed by atoms with van der Waals surface area (Å²) in [6.45, 7) is 2.38. The van der Waals surface area contributed by atoms with Crippen molar-refractivity contribution in [2.45, 2.75) is 19.6 Å². The lowest BCUT2D eigenvalue weighted by atomic mass is 10.1. The van der Waals surface area contributed by atoms with E-state index in [-0.39, 0.29) is 11.9 Å². The van der Waals surface area contributed by atoms with Gasteiger partial charge in [0.2, 0.25) is 0 Å². The monoisotopic (exact) mass is 354 g/mol. The Morgan fingerprint density at radius 3 is 3.05 bits per heavy atom. The molecule has 1 aromatic carbocycles. The van der Waals surface area contributed by atoms with Crippen LogP contribution in [-0.4, -0.2) is 18.0 Å². The van der Waals surface area contributed by atoms with Crippen LogP contribution in [0.25, 0.3) is 0 Å². The Balaban J connectivity index is 2.03. The highest BCUT2D eigenvalue weighted by molar-refractivity contribution is 9.10. The number of thiazole rings is 1. The van der Waals surface area contributed by atoms with E-state index in [2.05, 4.69) is 26.2 Å². The minimum absolute atomic E-state index is 0.0763. The zero-order valence-corrected chi connectivity index (χ0v) is 13.6. The fourth-order valence-corrected chi connectivity index (χ4v) is 2.90. The second-order valence-electron chi connectivity index (χ2n) is 4.31. The molecule has 1 amide bonds. The van der Waals surface area contributed by atoms with Crippen molar-refractivity contribution in [1.29, 1.82) is 0 Å². The molecule has 0 aliphatic heterocycles. The Kier molecular flexibility index (Phi) is 5.28. The lowest BCUT2D eigenvalue weighted by Crippen LogP contribution is -2.26. The summed E-state index contributed by atoms with van der Waals surface area (Å²) in [5.74, 6) is -0.170. The van der Waals surface area contributed by atoms with Crippen LogP contribution in [0.15, 0.2) is 34.1 Å². The lowest BCUT2D eigenvalue weighted by Gasteiger charge is -2.13. The summed E-state index contributed by atoms with van der Waals surface area (Å²) in [7, 11) is 1.61. The van der Waals surface area contributed by atoms with Crippen molar-refractivity contribution in [1.82, 2.24) is 10.3 Å². The van der Waals surface area contributed by atoms with Gasteiger partial charge in [-0.25, -0.2) is 4.98 Å². The first-order chi connectivity index (χ1) is 9.60. The topological polar surface area (TPSA) is 51.2 Å². The van der Waals surface area contributed by atoms with Gasteiger partial charge in [0.05, 0.1) is 12.6 Å². The Morgan fingerprint density at radius 2 is 2.35 bits per heavy atom. The van der Waals surface area contributed by atoms with Gasteiger partial charge in [-0.05, 0) is 24.6 Å². The number of benzene rings is 1. The summed E-state index contributed by atoms with van der Waals surface area (Å²) in [5.41, 5.74) is 1.48. The number of nitrogens with zero attached hydrogens (tertiary/aromatic N) is 1. The number of carbonyl (C=O) groups is 1. The van der Waals surface area contributed by atoms with Gasteiger partial charge in [0.15, 0.2) is 0 Å². The van der Waals surface area contributed by atoms with Crippen molar-refractivity contribution in [2.75, 3.05) is 7.11 Å². The van der Waals surface area contributed by atoms with E-state index < -0.39 is 0 Å². The first-order valence-corrected chi connectivity index (χ1v) is 7.77. The fourth-order valence-electron chi connectivity index (χ4n) is 1.73. The van der Waals surface area contributed by atoms with E-state index in [0.29, 0.717) is 12.3 Å². The van der Waals surface area contributed by atoms with Crippen LogP contribution in [0.4, 0.5) is 0 Å². The summed E-state index contributed by atoms with van der Waals surface area (Å²) < 4.78 is 5.99. The molecule has 0 spiro atoms. The third-order valence-electron chi connectivity index (χ3n) is 2.75. The Bertz CT molecular complexity index is 600. The van der Waals surface area contributed by atoms with Crippen LogP contribution < -0.4 is 5.32 Å².